The van der Waals surface area contributed by atoms with E-state index >= 15 is 0 Å². The number of hydrogen-bond acceptors (Lipinski definition) is 6. The second-order valence-corrected chi connectivity index (χ2v) is 8.74. The van der Waals surface area contributed by atoms with Crippen molar-refractivity contribution >= 4 is 39.1 Å². The smallest absolute Gasteiger partial charge is 0.269 e. The van der Waals surface area contributed by atoms with Crippen molar-refractivity contribution in [3.05, 3.63) is 46.5 Å². The Kier molecular flexibility index (Phi) is 5.46. The molecule has 0 fully saturated rings. The number of benzene rings is 2. The fraction of sp³-hybridized carbons (Fsp3) is 0.263. The van der Waals surface area contributed by atoms with Gasteiger partial charge in [-0.15, -0.1) is 0 Å². The summed E-state index contributed by atoms with van der Waals surface area (Å²) in [6.07, 6.45) is 0. The molecule has 1 aliphatic rings. The minimum absolute atomic E-state index is 0.0426. The summed E-state index contributed by atoms with van der Waals surface area (Å²) >= 11 is 6.06. The Morgan fingerprint density at radius 3 is 2.34 bits per heavy atom. The zero-order chi connectivity index (χ0) is 21.5. The number of nitrogens with one attached hydrogen (secondary N) is 1. The average Bonchev–Trinajstić information content (AvgIpc) is 2.87. The molecule has 0 radical (unpaired) electrons. The summed E-state index contributed by atoms with van der Waals surface area (Å²) in [5, 5.41) is 2.95. The molecule has 10 heteroatoms. The molecule has 0 unspecified atom stereocenters. The lowest BCUT2D eigenvalue weighted by atomic mass is 10.1. The van der Waals surface area contributed by atoms with Crippen LogP contribution < -0.4 is 14.8 Å². The summed E-state index contributed by atoms with van der Waals surface area (Å²) < 4.78 is 36.6. The van der Waals surface area contributed by atoms with Crippen LogP contribution >= 0.6 is 11.6 Å². The molecule has 2 amide bonds. The van der Waals surface area contributed by atoms with Crippen LogP contribution in [0.1, 0.15) is 34.6 Å². The van der Waals surface area contributed by atoms with Crippen LogP contribution in [0.4, 0.5) is 5.69 Å². The quantitative estimate of drug-likeness (QED) is 0.769. The van der Waals surface area contributed by atoms with Gasteiger partial charge in [-0.3, -0.25) is 9.59 Å². The number of halogens is 1. The summed E-state index contributed by atoms with van der Waals surface area (Å²) in [6, 6.07) is 6.37. The Balaban J connectivity index is 1.98. The lowest BCUT2D eigenvalue weighted by Crippen LogP contribution is -2.36. The Hall–Kier alpha value is -2.78. The van der Waals surface area contributed by atoms with Gasteiger partial charge in [-0.2, -0.15) is 0 Å². The molecule has 0 saturated carbocycles. The lowest BCUT2D eigenvalue weighted by molar-refractivity contribution is 0.0846. The number of methoxy groups -OCH3 is 2. The number of hydrogen-bond donors (Lipinski definition) is 1. The topological polar surface area (TPSA) is 102 Å². The van der Waals surface area contributed by atoms with Gasteiger partial charge in [0.05, 0.1) is 30.5 Å². The van der Waals surface area contributed by atoms with Gasteiger partial charge >= 0.3 is 0 Å². The second-order valence-electron chi connectivity index (χ2n) is 6.55. The minimum atomic E-state index is -4.01. The van der Waals surface area contributed by atoms with E-state index in [2.05, 4.69) is 5.32 Å². The highest BCUT2D eigenvalue weighted by Gasteiger charge is 2.42. The molecular weight excluding hydrogens is 420 g/mol. The Morgan fingerprint density at radius 2 is 1.76 bits per heavy atom. The number of sulfonamides is 1. The van der Waals surface area contributed by atoms with E-state index in [-0.39, 0.29) is 16.0 Å². The highest BCUT2D eigenvalue weighted by Crippen LogP contribution is 2.37. The maximum Gasteiger partial charge on any atom is 0.269 e. The van der Waals surface area contributed by atoms with Crippen molar-refractivity contribution in [3.63, 3.8) is 0 Å². The van der Waals surface area contributed by atoms with Crippen LogP contribution in [0.5, 0.6) is 11.5 Å². The fourth-order valence-electron chi connectivity index (χ4n) is 3.05. The van der Waals surface area contributed by atoms with Gasteiger partial charge in [-0.05, 0) is 32.0 Å². The highest BCUT2D eigenvalue weighted by molar-refractivity contribution is 7.90. The molecule has 3 rings (SSSR count). The van der Waals surface area contributed by atoms with Crippen molar-refractivity contribution in [1.29, 1.82) is 0 Å². The molecule has 1 heterocycles. The van der Waals surface area contributed by atoms with Crippen LogP contribution in [-0.4, -0.2) is 44.8 Å². The van der Waals surface area contributed by atoms with Gasteiger partial charge in [0.2, 0.25) is 0 Å². The van der Waals surface area contributed by atoms with E-state index in [1.807, 2.05) is 0 Å². The van der Waals surface area contributed by atoms with E-state index in [9.17, 15) is 18.0 Å². The third-order valence-corrected chi connectivity index (χ3v) is 6.70. The van der Waals surface area contributed by atoms with Gasteiger partial charge in [0.1, 0.15) is 16.4 Å². The zero-order valence-electron chi connectivity index (χ0n) is 16.1. The van der Waals surface area contributed by atoms with E-state index in [1.165, 1.54) is 44.6 Å². The van der Waals surface area contributed by atoms with Crippen LogP contribution in [0.3, 0.4) is 0 Å². The van der Waals surface area contributed by atoms with E-state index < -0.39 is 27.9 Å². The van der Waals surface area contributed by atoms with Crippen LogP contribution in [0.2, 0.25) is 5.02 Å². The first kappa shape index (κ1) is 20.9. The predicted molar refractivity (Wildman–Crippen MR) is 107 cm³/mol. The van der Waals surface area contributed by atoms with Crippen LogP contribution in [0, 0.1) is 0 Å². The first-order chi connectivity index (χ1) is 13.6. The number of anilines is 1. The van der Waals surface area contributed by atoms with E-state index in [0.717, 1.165) is 4.31 Å². The number of nitrogens with zero attached hydrogens (tertiary/aromatic N) is 1. The third-order valence-electron chi connectivity index (χ3n) is 4.40. The van der Waals surface area contributed by atoms with Crippen LogP contribution in [-0.2, 0) is 10.0 Å². The fourth-order valence-corrected chi connectivity index (χ4v) is 5.08. The van der Waals surface area contributed by atoms with Crippen molar-refractivity contribution < 1.29 is 27.5 Å². The maximum atomic E-state index is 12.7. The molecule has 0 saturated heterocycles. The normalized spacial score (nSPS) is 14.7. The Morgan fingerprint density at radius 1 is 1.10 bits per heavy atom. The summed E-state index contributed by atoms with van der Waals surface area (Å²) in [4.78, 5) is 25.0. The molecule has 0 aromatic heterocycles. The number of amides is 2. The third kappa shape index (κ3) is 3.51. The van der Waals surface area contributed by atoms with E-state index in [0.29, 0.717) is 22.2 Å². The van der Waals surface area contributed by atoms with Gasteiger partial charge in [-0.25, -0.2) is 12.7 Å². The molecule has 2 aromatic rings. The predicted octanol–water partition coefficient (Wildman–Crippen LogP) is 3.16. The number of fused-ring (bicyclic) bond motifs is 1. The standard InChI is InChI=1S/C19H19ClN2O6S/c1-10(2)22-19(24)12-6-5-11(7-17(12)29(22,25)26)18(23)21-14-9-15(27-3)13(20)8-16(14)28-4/h5-10H,1-4H3,(H,21,23). The molecule has 8 nitrogen and oxygen atoms in total. The molecule has 29 heavy (non-hydrogen) atoms. The van der Waals surface area contributed by atoms with Crippen LogP contribution in [0.25, 0.3) is 0 Å². The first-order valence-corrected chi connectivity index (χ1v) is 10.4. The number of carbonyl (C=O) groups is 2. The van der Waals surface area contributed by atoms with Crippen molar-refractivity contribution in [3.8, 4) is 11.5 Å². The number of carbonyl (C=O) groups excluding carboxylic acids is 2. The SMILES string of the molecule is COc1cc(NC(=O)c2ccc3c(c2)S(=O)(=O)N(C(C)C)C3=O)c(OC)cc1Cl. The molecule has 1 N–H and O–H groups in total. The first-order valence-electron chi connectivity index (χ1n) is 8.57. The molecule has 0 aliphatic carbocycles. The molecule has 0 spiro atoms. The van der Waals surface area contributed by atoms with Gasteiger partial charge in [-0.1, -0.05) is 11.6 Å². The summed E-state index contributed by atoms with van der Waals surface area (Å²) in [5.41, 5.74) is 0.407. The molecule has 154 valence electrons. The molecule has 0 atom stereocenters. The average molecular weight is 439 g/mol. The Bertz CT molecular complexity index is 1110. The van der Waals surface area contributed by atoms with Crippen molar-refractivity contribution in [2.75, 3.05) is 19.5 Å². The molecule has 0 bridgehead atoms. The number of rotatable bonds is 5. The molecule has 1 aliphatic heterocycles. The van der Waals surface area contributed by atoms with E-state index in [4.69, 9.17) is 21.1 Å². The minimum Gasteiger partial charge on any atom is -0.495 e. The van der Waals surface area contributed by atoms with Crippen molar-refractivity contribution in [2.24, 2.45) is 0 Å². The van der Waals surface area contributed by atoms with E-state index in [1.54, 1.807) is 13.8 Å². The summed E-state index contributed by atoms with van der Waals surface area (Å²) in [6.45, 7) is 3.21. The van der Waals surface area contributed by atoms with Crippen molar-refractivity contribution in [2.45, 2.75) is 24.8 Å². The summed E-state index contributed by atoms with van der Waals surface area (Å²) in [5.74, 6) is -0.552. The number of ether oxygens (including phenoxy) is 2. The van der Waals surface area contributed by atoms with Gasteiger partial charge < -0.3 is 14.8 Å². The van der Waals surface area contributed by atoms with Gasteiger partial charge in [0, 0.05) is 23.7 Å². The van der Waals surface area contributed by atoms with Crippen LogP contribution in [0.15, 0.2) is 35.2 Å². The maximum absolute atomic E-state index is 12.7. The zero-order valence-corrected chi connectivity index (χ0v) is 17.7. The largest absolute Gasteiger partial charge is 0.495 e. The van der Waals surface area contributed by atoms with Crippen molar-refractivity contribution in [1.82, 2.24) is 4.31 Å². The lowest BCUT2D eigenvalue weighted by Gasteiger charge is -2.18. The summed E-state index contributed by atoms with van der Waals surface area (Å²) in [7, 11) is -1.16. The monoisotopic (exact) mass is 438 g/mol. The highest BCUT2D eigenvalue weighted by atomic mass is 35.5. The second kappa shape index (κ2) is 7.57. The van der Waals surface area contributed by atoms with Gasteiger partial charge in [0.25, 0.3) is 21.8 Å². The van der Waals surface area contributed by atoms with Gasteiger partial charge in [0.15, 0.2) is 0 Å². The molecule has 2 aromatic carbocycles. The molecular formula is C19H19ClN2O6S. The Labute approximate surface area is 173 Å².